The molecule has 0 saturated carbocycles. The average molecular weight is 233 g/mol. The largest absolute Gasteiger partial charge is 0.357 e. The summed E-state index contributed by atoms with van der Waals surface area (Å²) in [6.45, 7) is 4.02. The number of nitrogens with zero attached hydrogens (tertiary/aromatic N) is 2. The van der Waals surface area contributed by atoms with Crippen molar-refractivity contribution < 1.29 is 4.79 Å². The van der Waals surface area contributed by atoms with Gasteiger partial charge in [-0.15, -0.1) is 0 Å². The Kier molecular flexibility index (Phi) is 3.96. The Labute approximate surface area is 102 Å². The predicted octanol–water partition coefficient (Wildman–Crippen LogP) is 2.42. The Bertz CT molecular complexity index is 369. The molecule has 0 spiro atoms. The fourth-order valence-electron chi connectivity index (χ4n) is 2.02. The summed E-state index contributed by atoms with van der Waals surface area (Å²) in [7, 11) is 0. The van der Waals surface area contributed by atoms with Crippen molar-refractivity contribution in [2.45, 2.75) is 32.6 Å². The number of hydrogen-bond donors (Lipinski definition) is 1. The van der Waals surface area contributed by atoms with Crippen molar-refractivity contribution in [1.29, 1.82) is 0 Å². The van der Waals surface area contributed by atoms with E-state index in [-0.39, 0.29) is 5.91 Å². The Morgan fingerprint density at radius 1 is 1.35 bits per heavy atom. The second-order valence-corrected chi connectivity index (χ2v) is 4.35. The first-order valence-electron chi connectivity index (χ1n) is 6.30. The third-order valence-corrected chi connectivity index (χ3v) is 3.03. The standard InChI is InChI=1S/C13H19N3O/c1-2-13(17)15-11-6-7-12(14-10-11)16-8-4-3-5-9-16/h6-7,10H,2-5,8-9H2,1H3,(H,15,17). The number of piperidine rings is 1. The van der Waals surface area contributed by atoms with Gasteiger partial charge in [-0.3, -0.25) is 4.79 Å². The van der Waals surface area contributed by atoms with Crippen LogP contribution in [0.15, 0.2) is 18.3 Å². The summed E-state index contributed by atoms with van der Waals surface area (Å²) in [6, 6.07) is 3.90. The van der Waals surface area contributed by atoms with Crippen LogP contribution in [-0.2, 0) is 4.79 Å². The fourth-order valence-corrected chi connectivity index (χ4v) is 2.02. The zero-order chi connectivity index (χ0) is 12.1. The first-order chi connectivity index (χ1) is 8.29. The molecule has 0 radical (unpaired) electrons. The molecule has 1 amide bonds. The van der Waals surface area contributed by atoms with Gasteiger partial charge in [0.2, 0.25) is 5.91 Å². The first kappa shape index (κ1) is 11.9. The molecule has 1 fully saturated rings. The van der Waals surface area contributed by atoms with Crippen LogP contribution in [0.2, 0.25) is 0 Å². The number of nitrogens with one attached hydrogen (secondary N) is 1. The van der Waals surface area contributed by atoms with Gasteiger partial charge in [-0.25, -0.2) is 4.98 Å². The van der Waals surface area contributed by atoms with E-state index in [1.54, 1.807) is 6.20 Å². The van der Waals surface area contributed by atoms with Crippen LogP contribution < -0.4 is 10.2 Å². The molecule has 1 saturated heterocycles. The predicted molar refractivity (Wildman–Crippen MR) is 69.2 cm³/mol. The highest BCUT2D eigenvalue weighted by atomic mass is 16.1. The quantitative estimate of drug-likeness (QED) is 0.872. The number of carbonyl (C=O) groups is 1. The van der Waals surface area contributed by atoms with E-state index in [1.165, 1.54) is 19.3 Å². The Balaban J connectivity index is 1.99. The summed E-state index contributed by atoms with van der Waals surface area (Å²) < 4.78 is 0. The van der Waals surface area contributed by atoms with Crippen LogP contribution in [0.5, 0.6) is 0 Å². The van der Waals surface area contributed by atoms with Crippen molar-refractivity contribution in [2.75, 3.05) is 23.3 Å². The lowest BCUT2D eigenvalue weighted by atomic mass is 10.1. The maximum Gasteiger partial charge on any atom is 0.224 e. The normalized spacial score (nSPS) is 15.7. The number of rotatable bonds is 3. The molecule has 0 aliphatic carbocycles. The van der Waals surface area contributed by atoms with E-state index in [0.717, 1.165) is 24.6 Å². The van der Waals surface area contributed by atoms with E-state index < -0.39 is 0 Å². The minimum absolute atomic E-state index is 0.0255. The number of anilines is 2. The number of carbonyl (C=O) groups excluding carboxylic acids is 1. The zero-order valence-corrected chi connectivity index (χ0v) is 10.3. The second-order valence-electron chi connectivity index (χ2n) is 4.35. The molecule has 0 aromatic carbocycles. The third-order valence-electron chi connectivity index (χ3n) is 3.03. The lowest BCUT2D eigenvalue weighted by Gasteiger charge is -2.27. The third kappa shape index (κ3) is 3.19. The van der Waals surface area contributed by atoms with E-state index in [4.69, 9.17) is 0 Å². The van der Waals surface area contributed by atoms with E-state index in [1.807, 2.05) is 19.1 Å². The van der Waals surface area contributed by atoms with E-state index in [9.17, 15) is 4.79 Å². The summed E-state index contributed by atoms with van der Waals surface area (Å²) in [4.78, 5) is 17.9. The summed E-state index contributed by atoms with van der Waals surface area (Å²) in [5, 5.41) is 2.80. The first-order valence-corrected chi connectivity index (χ1v) is 6.30. The summed E-state index contributed by atoms with van der Waals surface area (Å²) in [6.07, 6.45) is 6.04. The molecule has 2 heterocycles. The molecule has 1 aromatic heterocycles. The van der Waals surface area contributed by atoms with Gasteiger partial charge in [0.15, 0.2) is 0 Å². The molecule has 0 unspecified atom stereocenters. The molecule has 1 aliphatic heterocycles. The van der Waals surface area contributed by atoms with Crippen LogP contribution in [-0.4, -0.2) is 24.0 Å². The van der Waals surface area contributed by atoms with Gasteiger partial charge in [0.1, 0.15) is 5.82 Å². The molecule has 1 aromatic rings. The van der Waals surface area contributed by atoms with Crippen LogP contribution in [0.1, 0.15) is 32.6 Å². The number of aromatic nitrogens is 1. The summed E-state index contributed by atoms with van der Waals surface area (Å²) in [5.41, 5.74) is 0.776. The van der Waals surface area contributed by atoms with Gasteiger partial charge < -0.3 is 10.2 Å². The van der Waals surface area contributed by atoms with Crippen LogP contribution in [0.3, 0.4) is 0 Å². The van der Waals surface area contributed by atoms with Gasteiger partial charge in [-0.1, -0.05) is 6.92 Å². The molecule has 1 aliphatic rings. The lowest BCUT2D eigenvalue weighted by molar-refractivity contribution is -0.115. The maximum absolute atomic E-state index is 11.2. The highest BCUT2D eigenvalue weighted by Gasteiger charge is 2.11. The highest BCUT2D eigenvalue weighted by molar-refractivity contribution is 5.90. The van der Waals surface area contributed by atoms with Crippen molar-refractivity contribution in [3.63, 3.8) is 0 Å². The molecule has 0 bridgehead atoms. The molecule has 2 rings (SSSR count). The lowest BCUT2D eigenvalue weighted by Crippen LogP contribution is -2.30. The van der Waals surface area contributed by atoms with Gasteiger partial charge >= 0.3 is 0 Å². The second kappa shape index (κ2) is 5.66. The van der Waals surface area contributed by atoms with Crippen molar-refractivity contribution in [2.24, 2.45) is 0 Å². The topological polar surface area (TPSA) is 45.2 Å². The monoisotopic (exact) mass is 233 g/mol. The SMILES string of the molecule is CCC(=O)Nc1ccc(N2CCCCC2)nc1. The van der Waals surface area contributed by atoms with Crippen LogP contribution in [0, 0.1) is 0 Å². The van der Waals surface area contributed by atoms with E-state index >= 15 is 0 Å². The van der Waals surface area contributed by atoms with Gasteiger partial charge in [0, 0.05) is 19.5 Å². The zero-order valence-electron chi connectivity index (χ0n) is 10.3. The Morgan fingerprint density at radius 3 is 2.71 bits per heavy atom. The molecule has 0 atom stereocenters. The Hall–Kier alpha value is -1.58. The van der Waals surface area contributed by atoms with Gasteiger partial charge in [-0.05, 0) is 31.4 Å². The van der Waals surface area contributed by atoms with Crippen molar-refractivity contribution in [3.05, 3.63) is 18.3 Å². The average Bonchev–Trinajstić information content (AvgIpc) is 2.40. The molecule has 4 heteroatoms. The molecule has 17 heavy (non-hydrogen) atoms. The van der Waals surface area contributed by atoms with Crippen LogP contribution >= 0.6 is 0 Å². The molecular formula is C13H19N3O. The Morgan fingerprint density at radius 2 is 2.12 bits per heavy atom. The van der Waals surface area contributed by atoms with Gasteiger partial charge in [0.25, 0.3) is 0 Å². The minimum atomic E-state index is 0.0255. The summed E-state index contributed by atoms with van der Waals surface area (Å²) >= 11 is 0. The highest BCUT2D eigenvalue weighted by Crippen LogP contribution is 2.18. The van der Waals surface area contributed by atoms with Crippen molar-refractivity contribution in [1.82, 2.24) is 4.98 Å². The molecule has 4 nitrogen and oxygen atoms in total. The molecule has 92 valence electrons. The number of hydrogen-bond acceptors (Lipinski definition) is 3. The minimum Gasteiger partial charge on any atom is -0.357 e. The van der Waals surface area contributed by atoms with Gasteiger partial charge in [-0.2, -0.15) is 0 Å². The van der Waals surface area contributed by atoms with Gasteiger partial charge in [0.05, 0.1) is 11.9 Å². The molecular weight excluding hydrogens is 214 g/mol. The van der Waals surface area contributed by atoms with Crippen LogP contribution in [0.4, 0.5) is 11.5 Å². The number of pyridine rings is 1. The molecule has 1 N–H and O–H groups in total. The van der Waals surface area contributed by atoms with E-state index in [0.29, 0.717) is 6.42 Å². The maximum atomic E-state index is 11.2. The number of amides is 1. The van der Waals surface area contributed by atoms with Crippen molar-refractivity contribution in [3.8, 4) is 0 Å². The van der Waals surface area contributed by atoms with Crippen molar-refractivity contribution >= 4 is 17.4 Å². The summed E-state index contributed by atoms with van der Waals surface area (Å²) in [5.74, 6) is 1.04. The fraction of sp³-hybridized carbons (Fsp3) is 0.538. The van der Waals surface area contributed by atoms with Crippen LogP contribution in [0.25, 0.3) is 0 Å². The van der Waals surface area contributed by atoms with E-state index in [2.05, 4.69) is 15.2 Å². The smallest absolute Gasteiger partial charge is 0.224 e.